The van der Waals surface area contributed by atoms with Crippen molar-refractivity contribution < 1.29 is 14.3 Å². The molecule has 0 saturated heterocycles. The number of rotatable bonds is 6. The standard InChI is InChI=1S/C20H15Cl3N2O3/c21-14-9-16(23)18(10-15(14)22)25-19(26)11-28-20(27)8-7-13-6-5-12-3-1-2-4-17(12)24-13/h1-6,9-10H,7-8,11H2,(H,25,26). The maximum atomic E-state index is 12.0. The minimum absolute atomic E-state index is 0.117. The number of nitrogens with one attached hydrogen (secondary N) is 1. The van der Waals surface area contributed by atoms with Gasteiger partial charge in [-0.05, 0) is 24.3 Å². The molecule has 144 valence electrons. The summed E-state index contributed by atoms with van der Waals surface area (Å²) in [4.78, 5) is 28.4. The van der Waals surface area contributed by atoms with Crippen molar-refractivity contribution in [3.05, 3.63) is 69.3 Å². The number of carbonyl (C=O) groups excluding carboxylic acids is 2. The number of aryl methyl sites for hydroxylation is 1. The lowest BCUT2D eigenvalue weighted by molar-refractivity contribution is -0.147. The van der Waals surface area contributed by atoms with Crippen LogP contribution in [-0.4, -0.2) is 23.5 Å². The van der Waals surface area contributed by atoms with Gasteiger partial charge >= 0.3 is 5.97 Å². The number of carbonyl (C=O) groups is 2. The Morgan fingerprint density at radius 1 is 0.964 bits per heavy atom. The number of para-hydroxylation sites is 1. The number of ether oxygens (including phenoxy) is 1. The number of benzene rings is 2. The fourth-order valence-corrected chi connectivity index (χ4v) is 3.09. The lowest BCUT2D eigenvalue weighted by atomic mass is 10.1. The molecule has 0 bridgehead atoms. The Morgan fingerprint density at radius 2 is 1.71 bits per heavy atom. The summed E-state index contributed by atoms with van der Waals surface area (Å²) in [6, 6.07) is 14.4. The van der Waals surface area contributed by atoms with Crippen LogP contribution in [-0.2, 0) is 20.7 Å². The Balaban J connectivity index is 1.48. The van der Waals surface area contributed by atoms with Crippen molar-refractivity contribution in [2.45, 2.75) is 12.8 Å². The van der Waals surface area contributed by atoms with Crippen LogP contribution >= 0.6 is 34.8 Å². The van der Waals surface area contributed by atoms with Crippen LogP contribution in [0.5, 0.6) is 0 Å². The summed E-state index contributed by atoms with van der Waals surface area (Å²) in [5.41, 5.74) is 1.94. The highest BCUT2D eigenvalue weighted by molar-refractivity contribution is 6.44. The lowest BCUT2D eigenvalue weighted by Crippen LogP contribution is -2.21. The van der Waals surface area contributed by atoms with E-state index in [-0.39, 0.29) is 27.2 Å². The topological polar surface area (TPSA) is 68.3 Å². The maximum Gasteiger partial charge on any atom is 0.306 e. The predicted octanol–water partition coefficient (Wildman–Crippen LogP) is 5.31. The highest BCUT2D eigenvalue weighted by Gasteiger charge is 2.12. The third-order valence-electron chi connectivity index (χ3n) is 3.89. The average Bonchev–Trinajstić information content (AvgIpc) is 2.68. The van der Waals surface area contributed by atoms with Crippen molar-refractivity contribution in [2.75, 3.05) is 11.9 Å². The van der Waals surface area contributed by atoms with Crippen LogP contribution in [0.3, 0.4) is 0 Å². The Bertz CT molecular complexity index is 1040. The monoisotopic (exact) mass is 436 g/mol. The number of aromatic nitrogens is 1. The number of pyridine rings is 1. The first-order valence-electron chi connectivity index (χ1n) is 8.37. The van der Waals surface area contributed by atoms with Crippen LogP contribution in [0.4, 0.5) is 5.69 Å². The SMILES string of the molecule is O=C(COC(=O)CCc1ccc2ccccc2n1)Nc1cc(Cl)c(Cl)cc1Cl. The highest BCUT2D eigenvalue weighted by atomic mass is 35.5. The van der Waals surface area contributed by atoms with E-state index < -0.39 is 18.5 Å². The van der Waals surface area contributed by atoms with Gasteiger partial charge < -0.3 is 10.1 Å². The third kappa shape index (κ3) is 5.35. The number of hydrogen-bond donors (Lipinski definition) is 1. The second-order valence-corrected chi connectivity index (χ2v) is 7.17. The first-order valence-corrected chi connectivity index (χ1v) is 9.50. The largest absolute Gasteiger partial charge is 0.456 e. The normalized spacial score (nSPS) is 10.7. The molecule has 0 aliphatic carbocycles. The molecule has 5 nitrogen and oxygen atoms in total. The van der Waals surface area contributed by atoms with Crippen LogP contribution in [0.1, 0.15) is 12.1 Å². The Kier molecular flexibility index (Phi) is 6.73. The molecule has 28 heavy (non-hydrogen) atoms. The molecule has 0 saturated carbocycles. The Labute approximate surface area is 176 Å². The molecule has 3 rings (SSSR count). The number of fused-ring (bicyclic) bond motifs is 1. The molecular formula is C20H15Cl3N2O3. The van der Waals surface area contributed by atoms with E-state index in [9.17, 15) is 9.59 Å². The van der Waals surface area contributed by atoms with E-state index in [1.165, 1.54) is 12.1 Å². The highest BCUT2D eigenvalue weighted by Crippen LogP contribution is 2.32. The molecule has 0 spiro atoms. The van der Waals surface area contributed by atoms with E-state index in [4.69, 9.17) is 39.5 Å². The van der Waals surface area contributed by atoms with Crippen molar-refractivity contribution in [1.82, 2.24) is 4.98 Å². The van der Waals surface area contributed by atoms with Crippen molar-refractivity contribution >= 4 is 63.3 Å². The van der Waals surface area contributed by atoms with Gasteiger partial charge in [-0.15, -0.1) is 0 Å². The molecule has 1 amide bonds. The molecule has 0 radical (unpaired) electrons. The number of amides is 1. The number of hydrogen-bond acceptors (Lipinski definition) is 4. The van der Waals surface area contributed by atoms with Gasteiger partial charge in [-0.3, -0.25) is 14.6 Å². The summed E-state index contributed by atoms with van der Waals surface area (Å²) in [6.07, 6.45) is 0.538. The van der Waals surface area contributed by atoms with Crippen molar-refractivity contribution in [3.63, 3.8) is 0 Å². The van der Waals surface area contributed by atoms with Gasteiger partial charge in [0.05, 0.1) is 32.7 Å². The van der Waals surface area contributed by atoms with Crippen LogP contribution < -0.4 is 5.32 Å². The Hall–Kier alpha value is -2.34. The summed E-state index contributed by atoms with van der Waals surface area (Å²) in [7, 11) is 0. The number of esters is 1. The van der Waals surface area contributed by atoms with Crippen LogP contribution in [0, 0.1) is 0 Å². The van der Waals surface area contributed by atoms with Gasteiger partial charge in [0.15, 0.2) is 6.61 Å². The molecule has 0 aliphatic rings. The van der Waals surface area contributed by atoms with E-state index >= 15 is 0 Å². The molecule has 0 unspecified atom stereocenters. The van der Waals surface area contributed by atoms with Gasteiger partial charge in [0.2, 0.25) is 0 Å². The smallest absolute Gasteiger partial charge is 0.306 e. The van der Waals surface area contributed by atoms with Crippen LogP contribution in [0.15, 0.2) is 48.5 Å². The molecule has 0 fully saturated rings. The van der Waals surface area contributed by atoms with E-state index in [2.05, 4.69) is 10.3 Å². The molecule has 1 heterocycles. The summed E-state index contributed by atoms with van der Waals surface area (Å²) < 4.78 is 5.00. The van der Waals surface area contributed by atoms with Crippen molar-refractivity contribution in [2.24, 2.45) is 0 Å². The average molecular weight is 438 g/mol. The number of anilines is 1. The van der Waals surface area contributed by atoms with Gasteiger partial charge in [-0.1, -0.05) is 59.1 Å². The van der Waals surface area contributed by atoms with E-state index in [0.29, 0.717) is 6.42 Å². The molecule has 8 heteroatoms. The van der Waals surface area contributed by atoms with Gasteiger partial charge in [-0.2, -0.15) is 0 Å². The zero-order valence-electron chi connectivity index (χ0n) is 14.5. The zero-order chi connectivity index (χ0) is 20.1. The van der Waals surface area contributed by atoms with Crippen LogP contribution in [0.25, 0.3) is 10.9 Å². The van der Waals surface area contributed by atoms with Gasteiger partial charge in [0.1, 0.15) is 0 Å². The van der Waals surface area contributed by atoms with E-state index in [1.54, 1.807) is 0 Å². The van der Waals surface area contributed by atoms with E-state index in [1.807, 2.05) is 36.4 Å². The molecule has 0 aliphatic heterocycles. The Morgan fingerprint density at radius 3 is 2.54 bits per heavy atom. The van der Waals surface area contributed by atoms with Gasteiger partial charge in [-0.25, -0.2) is 0 Å². The summed E-state index contributed by atoms with van der Waals surface area (Å²) >= 11 is 17.7. The first kappa shape index (κ1) is 20.4. The fraction of sp³-hybridized carbons (Fsp3) is 0.150. The fourth-order valence-electron chi connectivity index (χ4n) is 2.50. The molecular weight excluding hydrogens is 423 g/mol. The second kappa shape index (κ2) is 9.24. The molecule has 1 N–H and O–H groups in total. The maximum absolute atomic E-state index is 12.0. The lowest BCUT2D eigenvalue weighted by Gasteiger charge is -2.09. The summed E-state index contributed by atoms with van der Waals surface area (Å²) in [6.45, 7) is -0.430. The quantitative estimate of drug-likeness (QED) is 0.419. The number of nitrogens with zero attached hydrogens (tertiary/aromatic N) is 1. The van der Waals surface area contributed by atoms with E-state index in [0.717, 1.165) is 16.6 Å². The first-order chi connectivity index (χ1) is 13.4. The van der Waals surface area contributed by atoms with Crippen molar-refractivity contribution in [1.29, 1.82) is 0 Å². The number of halogens is 3. The van der Waals surface area contributed by atoms with Gasteiger partial charge in [0.25, 0.3) is 5.91 Å². The zero-order valence-corrected chi connectivity index (χ0v) is 16.8. The minimum atomic E-state index is -0.530. The van der Waals surface area contributed by atoms with Crippen LogP contribution in [0.2, 0.25) is 15.1 Å². The minimum Gasteiger partial charge on any atom is -0.456 e. The molecule has 1 aromatic heterocycles. The van der Waals surface area contributed by atoms with Crippen molar-refractivity contribution in [3.8, 4) is 0 Å². The molecule has 3 aromatic rings. The van der Waals surface area contributed by atoms with Gasteiger partial charge in [0, 0.05) is 17.5 Å². The predicted molar refractivity (Wildman–Crippen MR) is 111 cm³/mol. The third-order valence-corrected chi connectivity index (χ3v) is 4.92. The summed E-state index contributed by atoms with van der Waals surface area (Å²) in [5, 5.41) is 4.32. The molecule has 2 aromatic carbocycles. The second-order valence-electron chi connectivity index (χ2n) is 5.95. The summed E-state index contributed by atoms with van der Waals surface area (Å²) in [5.74, 6) is -1.03. The molecule has 0 atom stereocenters.